The fourth-order valence-electron chi connectivity index (χ4n) is 9.64. The van der Waals surface area contributed by atoms with Crippen LogP contribution in [-0.2, 0) is 29.2 Å². The zero-order valence-corrected chi connectivity index (χ0v) is 33.4. The molecular formula is C42H66N8O5. The van der Waals surface area contributed by atoms with Crippen molar-refractivity contribution in [2.45, 2.75) is 154 Å². The minimum atomic E-state index is -0.673. The van der Waals surface area contributed by atoms with Gasteiger partial charge in [0, 0.05) is 77.8 Å². The molecule has 3 unspecified atom stereocenters. The minimum absolute atomic E-state index is 0.0143. The molecule has 4 atom stereocenters. The number of nitrogens with one attached hydrogen (secondary N) is 3. The third kappa shape index (κ3) is 10.7. The Labute approximate surface area is 327 Å². The number of aliphatic hydroxyl groups excluding tert-OH is 1. The third-order valence-corrected chi connectivity index (χ3v) is 12.8. The first-order valence-corrected chi connectivity index (χ1v) is 21.4. The van der Waals surface area contributed by atoms with Crippen LogP contribution in [0.15, 0.2) is 29.0 Å². The van der Waals surface area contributed by atoms with Crippen LogP contribution in [0.5, 0.6) is 5.75 Å². The molecule has 1 aromatic heterocycles. The Bertz CT molecular complexity index is 1530. The summed E-state index contributed by atoms with van der Waals surface area (Å²) >= 11 is 0. The number of β-amino-alcohol motifs (C(OH)–C–C–N with tert-alkyl or cyclic N) is 1. The quantitative estimate of drug-likeness (QED) is 0.251. The Morgan fingerprint density at radius 3 is 2.45 bits per heavy atom. The van der Waals surface area contributed by atoms with Gasteiger partial charge < -0.3 is 24.5 Å². The Morgan fingerprint density at radius 2 is 1.73 bits per heavy atom. The van der Waals surface area contributed by atoms with Crippen molar-refractivity contribution >= 4 is 11.8 Å². The van der Waals surface area contributed by atoms with E-state index in [9.17, 15) is 14.7 Å². The van der Waals surface area contributed by atoms with Crippen molar-refractivity contribution in [2.75, 3.05) is 45.8 Å². The number of likely N-dealkylation sites (tertiary alicyclic amines) is 2. The van der Waals surface area contributed by atoms with Gasteiger partial charge in [0.05, 0.1) is 24.0 Å². The Balaban J connectivity index is 0.989. The predicted octanol–water partition coefficient (Wildman–Crippen LogP) is 3.87. The number of ether oxygens (including phenoxy) is 1. The maximum absolute atomic E-state index is 14.5. The number of piperidine rings is 2. The summed E-state index contributed by atoms with van der Waals surface area (Å²) in [7, 11) is 0. The van der Waals surface area contributed by atoms with Crippen LogP contribution in [0.4, 0.5) is 0 Å². The number of carbonyl (C=O) groups excluding carboxylic acids is 2. The molecule has 0 spiro atoms. The summed E-state index contributed by atoms with van der Waals surface area (Å²) in [5.74, 6) is 1.72. The topological polar surface area (TPSA) is 139 Å². The van der Waals surface area contributed by atoms with Crippen molar-refractivity contribution in [1.82, 2.24) is 40.5 Å². The lowest BCUT2D eigenvalue weighted by molar-refractivity contribution is -0.143. The number of rotatable bonds is 12. The highest BCUT2D eigenvalue weighted by atomic mass is 16.5. The van der Waals surface area contributed by atoms with E-state index in [-0.39, 0.29) is 36.9 Å². The van der Waals surface area contributed by atoms with Crippen molar-refractivity contribution in [3.63, 3.8) is 0 Å². The van der Waals surface area contributed by atoms with Crippen LogP contribution in [0.2, 0.25) is 0 Å². The van der Waals surface area contributed by atoms with Gasteiger partial charge in [-0.2, -0.15) is 0 Å². The lowest BCUT2D eigenvalue weighted by Crippen LogP contribution is -2.74. The van der Waals surface area contributed by atoms with Gasteiger partial charge in [-0.15, -0.1) is 0 Å². The van der Waals surface area contributed by atoms with Crippen LogP contribution in [0.3, 0.4) is 0 Å². The number of oxazole rings is 1. The summed E-state index contributed by atoms with van der Waals surface area (Å²) in [6, 6.07) is 6.57. The molecule has 1 saturated carbocycles. The van der Waals surface area contributed by atoms with Crippen LogP contribution < -0.4 is 20.7 Å². The molecule has 4 fully saturated rings. The number of fused-ring (bicyclic) bond motifs is 1. The number of carbonyl (C=O) groups is 2. The fourth-order valence-corrected chi connectivity index (χ4v) is 9.64. The zero-order valence-electron chi connectivity index (χ0n) is 33.4. The molecule has 7 rings (SSSR count). The first kappa shape index (κ1) is 40.1. The molecule has 4 aliphatic heterocycles. The molecule has 13 heteroatoms. The van der Waals surface area contributed by atoms with E-state index < -0.39 is 6.10 Å². The Kier molecular flexibility index (Phi) is 14.1. The van der Waals surface area contributed by atoms with E-state index in [0.29, 0.717) is 31.7 Å². The molecule has 5 aliphatic rings. The number of hydrogen-bond acceptors (Lipinski definition) is 11. The van der Waals surface area contributed by atoms with Crippen LogP contribution in [0.25, 0.3) is 0 Å². The molecule has 1 aliphatic carbocycles. The number of aryl methyl sites for hydroxylation is 1. The van der Waals surface area contributed by atoms with Gasteiger partial charge in [0.15, 0.2) is 12.2 Å². The van der Waals surface area contributed by atoms with Crippen LogP contribution in [0, 0.1) is 6.92 Å². The lowest BCUT2D eigenvalue weighted by atomic mass is 9.92. The van der Waals surface area contributed by atoms with Crippen LogP contribution in [-0.4, -0.2) is 124 Å². The molecule has 4 N–H and O–H groups in total. The molecule has 13 nitrogen and oxygen atoms in total. The first-order chi connectivity index (χ1) is 26.8. The lowest BCUT2D eigenvalue weighted by Gasteiger charge is -2.54. The summed E-state index contributed by atoms with van der Waals surface area (Å²) in [5, 5.41) is 22.5. The number of amides is 2. The highest BCUT2D eigenvalue weighted by molar-refractivity contribution is 5.82. The standard InChI is InChI=1S/C42H66N8O5/c1-30-39(55-29-44-30)28-54-37-14-13-33-26-47(20-15-32(33)23-37)27-36(52)25-43-41(53)38-24-40(45-34-16-21-48(22-17-34)31(2)51)46-42(49-18-9-6-10-19-49)50(38)35-11-7-4-3-5-8-12-35/h13-14,23,29,34-36,38,40,42,45-46,52H,3-12,15-22,24-28H2,1-2H3,(H,43,53)/t36-,38?,40?,42?/m0/s1. The van der Waals surface area contributed by atoms with Gasteiger partial charge in [0.2, 0.25) is 11.8 Å². The second-order valence-electron chi connectivity index (χ2n) is 16.8. The van der Waals surface area contributed by atoms with Gasteiger partial charge in [-0.3, -0.25) is 34.9 Å². The van der Waals surface area contributed by atoms with Crippen molar-refractivity contribution < 1.29 is 23.8 Å². The number of nitrogens with zero attached hydrogens (tertiary/aromatic N) is 5. The molecule has 1 aromatic carbocycles. The average Bonchev–Trinajstić information content (AvgIpc) is 3.60. The van der Waals surface area contributed by atoms with Gasteiger partial charge in [0.25, 0.3) is 0 Å². The van der Waals surface area contributed by atoms with Gasteiger partial charge >= 0.3 is 0 Å². The number of aromatic nitrogens is 1. The Hall–Kier alpha value is -3.07. The van der Waals surface area contributed by atoms with E-state index in [2.05, 4.69) is 47.8 Å². The molecule has 304 valence electrons. The SMILES string of the molecule is CC(=O)N1CCC(NC2CC(C(=O)NC[C@H](O)CN3CCc4cc(OCc5ocnc5C)ccc4C3)N(C3CCCCCCC3)C(N3CCCCC3)N2)CC1. The van der Waals surface area contributed by atoms with Crippen molar-refractivity contribution in [1.29, 1.82) is 0 Å². The summed E-state index contributed by atoms with van der Waals surface area (Å²) in [4.78, 5) is 40.0. The molecular weight excluding hydrogens is 697 g/mol. The van der Waals surface area contributed by atoms with E-state index in [4.69, 9.17) is 9.15 Å². The molecule has 0 bridgehead atoms. The van der Waals surface area contributed by atoms with Crippen LogP contribution >= 0.6 is 0 Å². The van der Waals surface area contributed by atoms with Crippen molar-refractivity contribution in [3.05, 3.63) is 47.2 Å². The Morgan fingerprint density at radius 1 is 0.982 bits per heavy atom. The van der Waals surface area contributed by atoms with Crippen LogP contribution in [0.1, 0.15) is 113 Å². The van der Waals surface area contributed by atoms with E-state index >= 15 is 0 Å². The number of hydrogen-bond donors (Lipinski definition) is 4. The van der Waals surface area contributed by atoms with E-state index in [1.165, 1.54) is 68.9 Å². The van der Waals surface area contributed by atoms with Gasteiger partial charge in [-0.25, -0.2) is 4.98 Å². The summed E-state index contributed by atoms with van der Waals surface area (Å²) in [5.41, 5.74) is 3.35. The third-order valence-electron chi connectivity index (χ3n) is 12.8. The molecule has 0 radical (unpaired) electrons. The average molecular weight is 763 g/mol. The first-order valence-electron chi connectivity index (χ1n) is 21.4. The predicted molar refractivity (Wildman–Crippen MR) is 211 cm³/mol. The molecule has 2 aromatic rings. The smallest absolute Gasteiger partial charge is 0.237 e. The van der Waals surface area contributed by atoms with E-state index in [1.807, 2.05) is 17.9 Å². The largest absolute Gasteiger partial charge is 0.486 e. The number of benzene rings is 1. The van der Waals surface area contributed by atoms with E-state index in [1.54, 1.807) is 6.92 Å². The maximum atomic E-state index is 14.5. The van der Waals surface area contributed by atoms with Gasteiger partial charge in [-0.1, -0.05) is 44.6 Å². The molecule has 3 saturated heterocycles. The maximum Gasteiger partial charge on any atom is 0.237 e. The monoisotopic (exact) mass is 763 g/mol. The second-order valence-corrected chi connectivity index (χ2v) is 16.8. The molecule has 2 amide bonds. The summed E-state index contributed by atoms with van der Waals surface area (Å²) in [6.45, 7) is 9.85. The highest BCUT2D eigenvalue weighted by Crippen LogP contribution is 2.31. The molecule has 55 heavy (non-hydrogen) atoms. The minimum Gasteiger partial charge on any atom is -0.486 e. The summed E-state index contributed by atoms with van der Waals surface area (Å²) < 4.78 is 11.4. The normalized spacial score (nSPS) is 26.2. The van der Waals surface area contributed by atoms with Gasteiger partial charge in [0.1, 0.15) is 18.6 Å². The van der Waals surface area contributed by atoms with E-state index in [0.717, 1.165) is 88.6 Å². The molecule has 5 heterocycles. The zero-order chi connectivity index (χ0) is 38.1. The highest BCUT2D eigenvalue weighted by Gasteiger charge is 2.45. The van der Waals surface area contributed by atoms with Crippen molar-refractivity contribution in [3.8, 4) is 5.75 Å². The fraction of sp³-hybridized carbons (Fsp3) is 0.738. The second kappa shape index (κ2) is 19.4. The van der Waals surface area contributed by atoms with Crippen molar-refractivity contribution in [2.24, 2.45) is 0 Å². The van der Waals surface area contributed by atoms with Gasteiger partial charge in [-0.05, 0) is 75.1 Å². The number of aliphatic hydroxyl groups is 1. The summed E-state index contributed by atoms with van der Waals surface area (Å²) in [6.07, 6.45) is 16.2.